The molecule has 0 aromatic carbocycles. The number of nitrogens with zero attached hydrogens (tertiary/aromatic N) is 1. The van der Waals surface area contributed by atoms with Gasteiger partial charge in [0.15, 0.2) is 0 Å². The first-order valence-electron chi connectivity index (χ1n) is 4.82. The van der Waals surface area contributed by atoms with E-state index in [9.17, 15) is 13.2 Å². The van der Waals surface area contributed by atoms with Crippen molar-refractivity contribution in [3.8, 4) is 5.88 Å². The van der Waals surface area contributed by atoms with E-state index in [0.717, 1.165) is 12.3 Å². The number of rotatable bonds is 4. The number of alkyl halides is 4. The normalized spacial score (nSPS) is 12.1. The summed E-state index contributed by atoms with van der Waals surface area (Å²) in [7, 11) is 1.36. The maximum Gasteiger partial charge on any atom is 0.417 e. The van der Waals surface area contributed by atoms with Gasteiger partial charge in [-0.1, -0.05) is 12.2 Å². The molecule has 0 amide bonds. The fourth-order valence-electron chi connectivity index (χ4n) is 1.19. The third-order valence-corrected chi connectivity index (χ3v) is 2.19. The van der Waals surface area contributed by atoms with Gasteiger partial charge < -0.3 is 4.74 Å². The molecule has 17 heavy (non-hydrogen) atoms. The summed E-state index contributed by atoms with van der Waals surface area (Å²) < 4.78 is 42.3. The second kappa shape index (κ2) is 5.91. The van der Waals surface area contributed by atoms with Gasteiger partial charge in [0, 0.05) is 17.6 Å². The maximum atomic E-state index is 12.5. The van der Waals surface area contributed by atoms with Crippen LogP contribution < -0.4 is 4.74 Å². The first-order chi connectivity index (χ1) is 7.99. The Morgan fingerprint density at radius 1 is 1.47 bits per heavy atom. The molecule has 0 aliphatic carbocycles. The molecule has 0 saturated carbocycles. The van der Waals surface area contributed by atoms with Crippen LogP contribution in [0.4, 0.5) is 13.2 Å². The van der Waals surface area contributed by atoms with Crippen LogP contribution in [0.3, 0.4) is 0 Å². The fourth-order valence-corrected chi connectivity index (χ4v) is 1.31. The van der Waals surface area contributed by atoms with Gasteiger partial charge in [-0.15, -0.1) is 11.6 Å². The SMILES string of the molecule is COc1ncc(C(F)(F)F)cc1C=CCCCl. The Morgan fingerprint density at radius 2 is 2.18 bits per heavy atom. The summed E-state index contributed by atoms with van der Waals surface area (Å²) in [6.07, 6.45) is 0.100. The van der Waals surface area contributed by atoms with E-state index in [-0.39, 0.29) is 11.4 Å². The molecule has 1 aromatic rings. The van der Waals surface area contributed by atoms with E-state index in [0.29, 0.717) is 12.3 Å². The zero-order chi connectivity index (χ0) is 12.9. The molecule has 0 spiro atoms. The Hall–Kier alpha value is -1.23. The second-order valence-electron chi connectivity index (χ2n) is 3.20. The first kappa shape index (κ1) is 13.8. The summed E-state index contributed by atoms with van der Waals surface area (Å²) in [6.45, 7) is 0. The average molecular weight is 266 g/mol. The van der Waals surface area contributed by atoms with Gasteiger partial charge in [0.05, 0.1) is 12.7 Å². The molecule has 1 aromatic heterocycles. The number of hydrogen-bond donors (Lipinski definition) is 0. The number of allylic oxidation sites excluding steroid dienone is 1. The lowest BCUT2D eigenvalue weighted by Crippen LogP contribution is -2.06. The number of methoxy groups -OCH3 is 1. The molecule has 0 aliphatic rings. The Kier molecular flexibility index (Phi) is 4.81. The third kappa shape index (κ3) is 3.93. The zero-order valence-corrected chi connectivity index (χ0v) is 9.85. The zero-order valence-electron chi connectivity index (χ0n) is 9.09. The Labute approximate surface area is 102 Å². The van der Waals surface area contributed by atoms with E-state index in [1.807, 2.05) is 0 Å². The van der Waals surface area contributed by atoms with Crippen LogP contribution in [0.1, 0.15) is 17.5 Å². The fraction of sp³-hybridized carbons (Fsp3) is 0.364. The largest absolute Gasteiger partial charge is 0.481 e. The lowest BCUT2D eigenvalue weighted by Gasteiger charge is -2.09. The molecule has 1 heterocycles. The van der Waals surface area contributed by atoms with Crippen LogP contribution in [-0.2, 0) is 6.18 Å². The molecule has 0 atom stereocenters. The average Bonchev–Trinajstić information content (AvgIpc) is 2.28. The molecule has 0 aliphatic heterocycles. The lowest BCUT2D eigenvalue weighted by molar-refractivity contribution is -0.137. The molecule has 0 saturated heterocycles. The molecule has 0 unspecified atom stereocenters. The summed E-state index contributed by atoms with van der Waals surface area (Å²) >= 11 is 5.47. The van der Waals surface area contributed by atoms with E-state index >= 15 is 0 Å². The molecule has 0 N–H and O–H groups in total. The van der Waals surface area contributed by atoms with Crippen molar-refractivity contribution in [2.45, 2.75) is 12.6 Å². The second-order valence-corrected chi connectivity index (χ2v) is 3.58. The third-order valence-electron chi connectivity index (χ3n) is 1.97. The van der Waals surface area contributed by atoms with E-state index in [1.54, 1.807) is 6.08 Å². The molecule has 0 radical (unpaired) electrons. The van der Waals surface area contributed by atoms with Crippen LogP contribution in [0.2, 0.25) is 0 Å². The van der Waals surface area contributed by atoms with Gasteiger partial charge in [-0.25, -0.2) is 4.98 Å². The molecular formula is C11H11ClF3NO. The van der Waals surface area contributed by atoms with Crippen LogP contribution in [0.5, 0.6) is 5.88 Å². The van der Waals surface area contributed by atoms with E-state index in [2.05, 4.69) is 4.98 Å². The monoisotopic (exact) mass is 265 g/mol. The predicted molar refractivity (Wildman–Crippen MR) is 60.2 cm³/mol. The van der Waals surface area contributed by atoms with Crippen LogP contribution in [0.25, 0.3) is 6.08 Å². The van der Waals surface area contributed by atoms with Crippen LogP contribution >= 0.6 is 11.6 Å². The summed E-state index contributed by atoms with van der Waals surface area (Å²) in [5.74, 6) is 0.564. The van der Waals surface area contributed by atoms with Crippen molar-refractivity contribution in [2.75, 3.05) is 13.0 Å². The maximum absolute atomic E-state index is 12.5. The van der Waals surface area contributed by atoms with Crippen molar-refractivity contribution in [1.82, 2.24) is 4.98 Å². The van der Waals surface area contributed by atoms with Crippen LogP contribution in [0, 0.1) is 0 Å². The van der Waals surface area contributed by atoms with Crippen molar-refractivity contribution >= 4 is 17.7 Å². The van der Waals surface area contributed by atoms with Crippen molar-refractivity contribution < 1.29 is 17.9 Å². The van der Waals surface area contributed by atoms with Gasteiger partial charge in [-0.05, 0) is 12.5 Å². The number of hydrogen-bond acceptors (Lipinski definition) is 2. The van der Waals surface area contributed by atoms with Gasteiger partial charge in [0.2, 0.25) is 5.88 Å². The van der Waals surface area contributed by atoms with Gasteiger partial charge in [0.25, 0.3) is 0 Å². The van der Waals surface area contributed by atoms with Gasteiger partial charge in [-0.2, -0.15) is 13.2 Å². The highest BCUT2D eigenvalue weighted by Gasteiger charge is 2.31. The molecule has 0 fully saturated rings. The van der Waals surface area contributed by atoms with Crippen molar-refractivity contribution in [3.05, 3.63) is 29.5 Å². The van der Waals surface area contributed by atoms with E-state index in [4.69, 9.17) is 16.3 Å². The minimum atomic E-state index is -4.41. The molecule has 1 rings (SSSR count). The van der Waals surface area contributed by atoms with E-state index < -0.39 is 11.7 Å². The number of halogens is 4. The summed E-state index contributed by atoms with van der Waals surface area (Å²) in [5.41, 5.74) is -0.517. The standard InChI is InChI=1S/C11H11ClF3NO/c1-17-10-8(4-2-3-5-12)6-9(7-16-10)11(13,14)15/h2,4,6-7H,3,5H2,1H3. The Balaban J connectivity index is 3.07. The molecule has 2 nitrogen and oxygen atoms in total. The van der Waals surface area contributed by atoms with Gasteiger partial charge in [0.1, 0.15) is 0 Å². The minimum Gasteiger partial charge on any atom is -0.481 e. The molecule has 94 valence electrons. The first-order valence-corrected chi connectivity index (χ1v) is 5.36. The van der Waals surface area contributed by atoms with Crippen LogP contribution in [0.15, 0.2) is 18.3 Å². The Morgan fingerprint density at radius 3 is 2.71 bits per heavy atom. The Bertz CT molecular complexity index is 404. The number of ether oxygens (including phenoxy) is 1. The summed E-state index contributed by atoms with van der Waals surface area (Å²) in [6, 6.07) is 0.997. The van der Waals surface area contributed by atoms with Crippen molar-refractivity contribution in [1.29, 1.82) is 0 Å². The quantitative estimate of drug-likeness (QED) is 0.774. The predicted octanol–water partition coefficient (Wildman–Crippen LogP) is 3.75. The van der Waals surface area contributed by atoms with Gasteiger partial charge >= 0.3 is 6.18 Å². The molecular weight excluding hydrogens is 255 g/mol. The number of aromatic nitrogens is 1. The molecule has 0 bridgehead atoms. The van der Waals surface area contributed by atoms with Gasteiger partial charge in [-0.3, -0.25) is 0 Å². The summed E-state index contributed by atoms with van der Waals surface area (Å²) in [4.78, 5) is 3.62. The highest BCUT2D eigenvalue weighted by Crippen LogP contribution is 2.31. The van der Waals surface area contributed by atoms with E-state index in [1.165, 1.54) is 13.2 Å². The number of pyridine rings is 1. The summed E-state index contributed by atoms with van der Waals surface area (Å²) in [5, 5.41) is 0. The lowest BCUT2D eigenvalue weighted by atomic mass is 10.1. The molecule has 6 heteroatoms. The van der Waals surface area contributed by atoms with Crippen molar-refractivity contribution in [3.63, 3.8) is 0 Å². The smallest absolute Gasteiger partial charge is 0.417 e. The highest BCUT2D eigenvalue weighted by atomic mass is 35.5. The highest BCUT2D eigenvalue weighted by molar-refractivity contribution is 6.17. The van der Waals surface area contributed by atoms with Crippen molar-refractivity contribution in [2.24, 2.45) is 0 Å². The van der Waals surface area contributed by atoms with Crippen LogP contribution in [-0.4, -0.2) is 18.0 Å². The topological polar surface area (TPSA) is 22.1 Å². The minimum absolute atomic E-state index is 0.156.